The van der Waals surface area contributed by atoms with E-state index in [-0.39, 0.29) is 29.3 Å². The summed E-state index contributed by atoms with van der Waals surface area (Å²) < 4.78 is 0. The first-order valence-electron chi connectivity index (χ1n) is 8.26. The summed E-state index contributed by atoms with van der Waals surface area (Å²) in [5.74, 6) is 1.37. The molecular formula is C17H34N2O. The number of nitrogens with one attached hydrogen (secondary N) is 1. The average molecular weight is 282 g/mol. The van der Waals surface area contributed by atoms with Gasteiger partial charge in [0, 0.05) is 18.0 Å². The van der Waals surface area contributed by atoms with Crippen LogP contribution in [0.2, 0.25) is 0 Å². The van der Waals surface area contributed by atoms with Gasteiger partial charge in [0.25, 0.3) is 0 Å². The van der Waals surface area contributed by atoms with E-state index >= 15 is 0 Å². The summed E-state index contributed by atoms with van der Waals surface area (Å²) in [5, 5.41) is 3.23. The minimum absolute atomic E-state index is 0.0160. The van der Waals surface area contributed by atoms with Gasteiger partial charge in [0.1, 0.15) is 0 Å². The number of nitrogens with two attached hydrogens (primary N) is 1. The maximum absolute atomic E-state index is 12.6. The fraction of sp³-hybridized carbons (Fsp3) is 0.941. The van der Waals surface area contributed by atoms with Crippen molar-refractivity contribution < 1.29 is 4.79 Å². The van der Waals surface area contributed by atoms with Crippen molar-refractivity contribution in [3.05, 3.63) is 0 Å². The van der Waals surface area contributed by atoms with Crippen molar-refractivity contribution in [2.24, 2.45) is 28.9 Å². The summed E-state index contributed by atoms with van der Waals surface area (Å²) in [6.45, 7) is 13.1. The van der Waals surface area contributed by atoms with Gasteiger partial charge in [-0.1, -0.05) is 41.0 Å². The van der Waals surface area contributed by atoms with Crippen LogP contribution in [0.4, 0.5) is 0 Å². The summed E-state index contributed by atoms with van der Waals surface area (Å²) in [5.41, 5.74) is 6.15. The Balaban J connectivity index is 2.63. The molecule has 1 saturated carbocycles. The largest absolute Gasteiger partial charge is 0.353 e. The van der Waals surface area contributed by atoms with Gasteiger partial charge in [0.15, 0.2) is 0 Å². The van der Waals surface area contributed by atoms with Crippen LogP contribution in [0.25, 0.3) is 0 Å². The molecule has 5 atom stereocenters. The van der Waals surface area contributed by atoms with E-state index in [1.165, 1.54) is 6.42 Å². The molecule has 0 bridgehead atoms. The van der Waals surface area contributed by atoms with E-state index in [9.17, 15) is 4.79 Å². The molecule has 3 nitrogen and oxygen atoms in total. The summed E-state index contributed by atoms with van der Waals surface area (Å²) in [7, 11) is 0. The SMILES string of the molecule is CCC(C)CC(C)NC(=O)C1CCC(N)C(C)C1(C)C. The van der Waals surface area contributed by atoms with Gasteiger partial charge in [-0.05, 0) is 43.4 Å². The molecule has 0 saturated heterocycles. The summed E-state index contributed by atoms with van der Waals surface area (Å²) in [4.78, 5) is 12.6. The van der Waals surface area contributed by atoms with Crippen LogP contribution in [0.1, 0.15) is 67.2 Å². The Bertz CT molecular complexity index is 327. The third-order valence-corrected chi connectivity index (χ3v) is 5.66. The van der Waals surface area contributed by atoms with Crippen molar-refractivity contribution in [2.75, 3.05) is 0 Å². The maximum atomic E-state index is 12.6. The standard InChI is InChI=1S/C17H34N2O/c1-7-11(2)10-12(3)19-16(20)14-8-9-15(18)13(4)17(14,5)6/h11-15H,7-10,18H2,1-6H3,(H,19,20). The van der Waals surface area contributed by atoms with E-state index in [0.29, 0.717) is 11.8 Å². The molecule has 1 aliphatic carbocycles. The maximum Gasteiger partial charge on any atom is 0.223 e. The van der Waals surface area contributed by atoms with Crippen LogP contribution in [0.5, 0.6) is 0 Å². The molecule has 1 fully saturated rings. The number of carbonyl (C=O) groups is 1. The van der Waals surface area contributed by atoms with Crippen LogP contribution < -0.4 is 11.1 Å². The fourth-order valence-electron chi connectivity index (χ4n) is 3.49. The van der Waals surface area contributed by atoms with Crippen LogP contribution in [0.3, 0.4) is 0 Å². The molecule has 0 aromatic heterocycles. The van der Waals surface area contributed by atoms with Crippen LogP contribution in [-0.2, 0) is 4.79 Å². The van der Waals surface area contributed by atoms with E-state index < -0.39 is 0 Å². The van der Waals surface area contributed by atoms with Crippen molar-refractivity contribution in [2.45, 2.75) is 79.3 Å². The van der Waals surface area contributed by atoms with E-state index in [1.54, 1.807) is 0 Å². The molecule has 1 amide bonds. The molecule has 0 heterocycles. The molecule has 20 heavy (non-hydrogen) atoms. The topological polar surface area (TPSA) is 55.1 Å². The van der Waals surface area contributed by atoms with Crippen LogP contribution >= 0.6 is 0 Å². The van der Waals surface area contributed by atoms with Gasteiger partial charge in [-0.15, -0.1) is 0 Å². The lowest BCUT2D eigenvalue weighted by atomic mass is 9.61. The highest BCUT2D eigenvalue weighted by atomic mass is 16.2. The Kier molecular flexibility index (Phi) is 6.06. The zero-order valence-electron chi connectivity index (χ0n) is 14.2. The van der Waals surface area contributed by atoms with Crippen LogP contribution in [-0.4, -0.2) is 18.0 Å². The normalized spacial score (nSPS) is 32.5. The monoisotopic (exact) mass is 282 g/mol. The van der Waals surface area contributed by atoms with Crippen molar-refractivity contribution in [3.63, 3.8) is 0 Å². The molecule has 118 valence electrons. The first-order valence-corrected chi connectivity index (χ1v) is 8.26. The highest BCUT2D eigenvalue weighted by Crippen LogP contribution is 2.44. The Labute approximate surface area is 125 Å². The Morgan fingerprint density at radius 3 is 2.50 bits per heavy atom. The van der Waals surface area contributed by atoms with Gasteiger partial charge in [0.2, 0.25) is 5.91 Å². The molecule has 1 rings (SSSR count). The second-order valence-corrected chi connectivity index (χ2v) is 7.56. The summed E-state index contributed by atoms with van der Waals surface area (Å²) in [6.07, 6.45) is 4.11. The molecule has 0 spiro atoms. The van der Waals surface area contributed by atoms with Gasteiger partial charge < -0.3 is 11.1 Å². The van der Waals surface area contributed by atoms with Gasteiger partial charge in [-0.25, -0.2) is 0 Å². The molecule has 0 radical (unpaired) electrons. The first-order chi connectivity index (χ1) is 9.20. The highest BCUT2D eigenvalue weighted by Gasteiger charge is 2.45. The third-order valence-electron chi connectivity index (χ3n) is 5.66. The lowest BCUT2D eigenvalue weighted by Gasteiger charge is -2.46. The molecule has 1 aliphatic rings. The molecular weight excluding hydrogens is 248 g/mol. The number of hydrogen-bond donors (Lipinski definition) is 2. The second-order valence-electron chi connectivity index (χ2n) is 7.56. The fourth-order valence-corrected chi connectivity index (χ4v) is 3.49. The smallest absolute Gasteiger partial charge is 0.223 e. The summed E-state index contributed by atoms with van der Waals surface area (Å²) in [6, 6.07) is 0.491. The quantitative estimate of drug-likeness (QED) is 0.812. The number of hydrogen-bond acceptors (Lipinski definition) is 2. The third kappa shape index (κ3) is 3.97. The molecule has 3 N–H and O–H groups in total. The molecule has 3 heteroatoms. The van der Waals surface area contributed by atoms with Gasteiger partial charge in [-0.2, -0.15) is 0 Å². The second kappa shape index (κ2) is 6.93. The molecule has 0 aliphatic heterocycles. The van der Waals surface area contributed by atoms with Crippen LogP contribution in [0.15, 0.2) is 0 Å². The lowest BCUT2D eigenvalue weighted by molar-refractivity contribution is -0.133. The van der Waals surface area contributed by atoms with Gasteiger partial charge in [0.05, 0.1) is 0 Å². The molecule has 5 unspecified atom stereocenters. The van der Waals surface area contributed by atoms with E-state index in [2.05, 4.69) is 46.9 Å². The number of carbonyl (C=O) groups excluding carboxylic acids is 1. The predicted octanol–water partition coefficient (Wildman–Crippen LogP) is 3.33. The van der Waals surface area contributed by atoms with Crippen molar-refractivity contribution >= 4 is 5.91 Å². The number of amides is 1. The lowest BCUT2D eigenvalue weighted by Crippen LogP contribution is -2.52. The average Bonchev–Trinajstić information content (AvgIpc) is 2.35. The van der Waals surface area contributed by atoms with Gasteiger partial charge in [-0.3, -0.25) is 4.79 Å². The minimum atomic E-state index is -0.0160. The summed E-state index contributed by atoms with van der Waals surface area (Å²) >= 11 is 0. The van der Waals surface area contributed by atoms with E-state index in [4.69, 9.17) is 5.73 Å². The minimum Gasteiger partial charge on any atom is -0.353 e. The van der Waals surface area contributed by atoms with E-state index in [1.807, 2.05) is 0 Å². The predicted molar refractivity (Wildman–Crippen MR) is 85.3 cm³/mol. The highest BCUT2D eigenvalue weighted by molar-refractivity contribution is 5.80. The Morgan fingerprint density at radius 2 is 1.95 bits per heavy atom. The first kappa shape index (κ1) is 17.5. The zero-order valence-corrected chi connectivity index (χ0v) is 14.2. The van der Waals surface area contributed by atoms with Crippen molar-refractivity contribution in [3.8, 4) is 0 Å². The van der Waals surface area contributed by atoms with Crippen molar-refractivity contribution in [1.82, 2.24) is 5.32 Å². The van der Waals surface area contributed by atoms with Crippen molar-refractivity contribution in [1.29, 1.82) is 0 Å². The molecule has 0 aromatic rings. The van der Waals surface area contributed by atoms with E-state index in [0.717, 1.165) is 19.3 Å². The van der Waals surface area contributed by atoms with Crippen LogP contribution in [0, 0.1) is 23.2 Å². The Morgan fingerprint density at radius 1 is 1.35 bits per heavy atom. The number of rotatable bonds is 5. The Hall–Kier alpha value is -0.570. The van der Waals surface area contributed by atoms with Gasteiger partial charge >= 0.3 is 0 Å². The zero-order chi connectivity index (χ0) is 15.5. The molecule has 0 aromatic carbocycles.